The topological polar surface area (TPSA) is 74.8 Å². The molecule has 0 radical (unpaired) electrons. The molecule has 0 fully saturated rings. The van der Waals surface area contributed by atoms with Crippen molar-refractivity contribution >= 4 is 17.6 Å². The normalized spacial score (nSPS) is 11.7. The van der Waals surface area contributed by atoms with E-state index in [4.69, 9.17) is 4.74 Å². The monoisotopic (exact) mass is 436 g/mol. The summed E-state index contributed by atoms with van der Waals surface area (Å²) in [5.74, 6) is 0.599. The van der Waals surface area contributed by atoms with Crippen LogP contribution < -0.4 is 20.7 Å². The van der Waals surface area contributed by atoms with Crippen molar-refractivity contribution in [2.75, 3.05) is 25.5 Å². The molecular formula is C22H27F3N4O2. The quantitative estimate of drug-likeness (QED) is 0.435. The first-order chi connectivity index (χ1) is 14.7. The van der Waals surface area contributed by atoms with Crippen molar-refractivity contribution in [1.82, 2.24) is 10.6 Å². The Morgan fingerprint density at radius 2 is 1.81 bits per heavy atom. The van der Waals surface area contributed by atoms with Gasteiger partial charge in [-0.1, -0.05) is 24.3 Å². The molecule has 3 N–H and O–H groups in total. The van der Waals surface area contributed by atoms with E-state index in [1.165, 1.54) is 6.92 Å². The van der Waals surface area contributed by atoms with Crippen molar-refractivity contribution in [3.63, 3.8) is 0 Å². The second-order valence-electron chi connectivity index (χ2n) is 7.00. The van der Waals surface area contributed by atoms with E-state index >= 15 is 0 Å². The van der Waals surface area contributed by atoms with Gasteiger partial charge in [-0.2, -0.15) is 13.2 Å². The minimum absolute atomic E-state index is 0.121. The third kappa shape index (κ3) is 8.98. The molecule has 0 atom stereocenters. The van der Waals surface area contributed by atoms with E-state index in [1.807, 2.05) is 30.3 Å². The first-order valence-corrected chi connectivity index (χ1v) is 9.76. The van der Waals surface area contributed by atoms with Crippen LogP contribution in [0.15, 0.2) is 47.5 Å². The SMILES string of the molecule is CN=C(NCCc1ccc(NC(C)=O)cc1)NCc1ccc(C)cc1OCC(F)(F)F. The number of alkyl halides is 3. The number of benzene rings is 2. The van der Waals surface area contributed by atoms with Crippen molar-refractivity contribution in [1.29, 1.82) is 0 Å². The molecule has 0 unspecified atom stereocenters. The molecule has 0 saturated heterocycles. The summed E-state index contributed by atoms with van der Waals surface area (Å²) in [5, 5.41) is 8.98. The minimum Gasteiger partial charge on any atom is -0.484 e. The molecule has 168 valence electrons. The van der Waals surface area contributed by atoms with E-state index in [9.17, 15) is 18.0 Å². The lowest BCUT2D eigenvalue weighted by molar-refractivity contribution is -0.153. The summed E-state index contributed by atoms with van der Waals surface area (Å²) in [5.41, 5.74) is 3.24. The maximum atomic E-state index is 12.5. The first-order valence-electron chi connectivity index (χ1n) is 9.76. The molecule has 2 aromatic carbocycles. The van der Waals surface area contributed by atoms with Gasteiger partial charge in [0, 0.05) is 38.3 Å². The van der Waals surface area contributed by atoms with Crippen molar-refractivity contribution in [2.24, 2.45) is 4.99 Å². The highest BCUT2D eigenvalue weighted by molar-refractivity contribution is 5.88. The number of carbonyl (C=O) groups is 1. The van der Waals surface area contributed by atoms with Crippen molar-refractivity contribution in [3.8, 4) is 5.75 Å². The molecule has 0 aliphatic heterocycles. The van der Waals surface area contributed by atoms with E-state index in [2.05, 4.69) is 20.9 Å². The second-order valence-corrected chi connectivity index (χ2v) is 7.00. The molecule has 0 aliphatic carbocycles. The van der Waals surface area contributed by atoms with E-state index in [1.54, 1.807) is 26.1 Å². The number of hydrogen-bond acceptors (Lipinski definition) is 3. The van der Waals surface area contributed by atoms with Crippen LogP contribution in [0.4, 0.5) is 18.9 Å². The average Bonchev–Trinajstić information content (AvgIpc) is 2.70. The molecule has 9 heteroatoms. The van der Waals surface area contributed by atoms with Gasteiger partial charge in [0.25, 0.3) is 0 Å². The predicted molar refractivity (Wildman–Crippen MR) is 115 cm³/mol. The highest BCUT2D eigenvalue weighted by Gasteiger charge is 2.28. The van der Waals surface area contributed by atoms with Crippen LogP contribution in [-0.4, -0.2) is 38.2 Å². The van der Waals surface area contributed by atoms with Gasteiger partial charge in [-0.15, -0.1) is 0 Å². The zero-order valence-electron chi connectivity index (χ0n) is 17.8. The molecule has 0 bridgehead atoms. The zero-order chi connectivity index (χ0) is 22.9. The van der Waals surface area contributed by atoms with E-state index in [0.717, 1.165) is 23.2 Å². The molecule has 0 saturated carbocycles. The standard InChI is InChI=1S/C22H27F3N4O2/c1-15-4-7-18(20(12-15)31-14-22(23,24)25)13-28-21(26-3)27-11-10-17-5-8-19(9-6-17)29-16(2)30/h4-9,12H,10-11,13-14H2,1-3H3,(H,29,30)(H2,26,27,28). The number of halogens is 3. The largest absolute Gasteiger partial charge is 0.484 e. The van der Waals surface area contributed by atoms with Crippen LogP contribution in [0.1, 0.15) is 23.6 Å². The number of anilines is 1. The van der Waals surface area contributed by atoms with Crippen LogP contribution in [0.2, 0.25) is 0 Å². The second kappa shape index (κ2) is 11.2. The Kier molecular flexibility index (Phi) is 8.72. The number of ether oxygens (including phenoxy) is 1. The van der Waals surface area contributed by atoms with Gasteiger partial charge in [0.15, 0.2) is 12.6 Å². The fraction of sp³-hybridized carbons (Fsp3) is 0.364. The van der Waals surface area contributed by atoms with Crippen molar-refractivity contribution in [3.05, 3.63) is 59.2 Å². The minimum atomic E-state index is -4.40. The van der Waals surface area contributed by atoms with E-state index < -0.39 is 12.8 Å². The van der Waals surface area contributed by atoms with Gasteiger partial charge in [-0.3, -0.25) is 9.79 Å². The fourth-order valence-electron chi connectivity index (χ4n) is 2.78. The van der Waals surface area contributed by atoms with Crippen molar-refractivity contribution in [2.45, 2.75) is 33.0 Å². The van der Waals surface area contributed by atoms with E-state index in [-0.39, 0.29) is 18.2 Å². The summed E-state index contributed by atoms with van der Waals surface area (Å²) in [7, 11) is 1.62. The molecule has 0 aromatic heterocycles. The lowest BCUT2D eigenvalue weighted by Crippen LogP contribution is -2.38. The number of amides is 1. The lowest BCUT2D eigenvalue weighted by Gasteiger charge is -2.16. The van der Waals surface area contributed by atoms with Gasteiger partial charge in [0.05, 0.1) is 0 Å². The number of nitrogens with zero attached hydrogens (tertiary/aromatic N) is 1. The molecule has 6 nitrogen and oxygen atoms in total. The summed E-state index contributed by atoms with van der Waals surface area (Å²) >= 11 is 0. The number of aliphatic imine (C=N–C) groups is 1. The Bertz CT molecular complexity index is 897. The lowest BCUT2D eigenvalue weighted by atomic mass is 10.1. The molecule has 31 heavy (non-hydrogen) atoms. The number of rotatable bonds is 8. The predicted octanol–water partition coefficient (Wildman–Crippen LogP) is 3.80. The summed E-state index contributed by atoms with van der Waals surface area (Å²) in [6, 6.07) is 12.7. The molecule has 0 heterocycles. The van der Waals surface area contributed by atoms with Gasteiger partial charge >= 0.3 is 6.18 Å². The maximum absolute atomic E-state index is 12.5. The van der Waals surface area contributed by atoms with Crippen molar-refractivity contribution < 1.29 is 22.7 Å². The Morgan fingerprint density at radius 3 is 2.42 bits per heavy atom. The zero-order valence-corrected chi connectivity index (χ0v) is 17.8. The van der Waals surface area contributed by atoms with Crippen LogP contribution in [0.3, 0.4) is 0 Å². The third-order valence-electron chi connectivity index (χ3n) is 4.26. The van der Waals surface area contributed by atoms with Gasteiger partial charge in [0.2, 0.25) is 5.91 Å². The molecule has 0 spiro atoms. The summed E-state index contributed by atoms with van der Waals surface area (Å²) in [6.45, 7) is 2.78. The third-order valence-corrected chi connectivity index (χ3v) is 4.26. The highest BCUT2D eigenvalue weighted by Crippen LogP contribution is 2.23. The summed E-state index contributed by atoms with van der Waals surface area (Å²) in [6.07, 6.45) is -3.67. The molecule has 1 amide bonds. The fourth-order valence-corrected chi connectivity index (χ4v) is 2.78. The van der Waals surface area contributed by atoms with Gasteiger partial charge < -0.3 is 20.7 Å². The van der Waals surface area contributed by atoms with Gasteiger partial charge in [-0.05, 0) is 42.7 Å². The van der Waals surface area contributed by atoms with Crippen LogP contribution in [0.5, 0.6) is 5.75 Å². The highest BCUT2D eigenvalue weighted by atomic mass is 19.4. The Labute approximate surface area is 179 Å². The number of nitrogens with one attached hydrogen (secondary N) is 3. The van der Waals surface area contributed by atoms with E-state index in [0.29, 0.717) is 18.1 Å². The summed E-state index contributed by atoms with van der Waals surface area (Å²) in [4.78, 5) is 15.2. The van der Waals surface area contributed by atoms with Gasteiger partial charge in [-0.25, -0.2) is 0 Å². The average molecular weight is 436 g/mol. The summed E-state index contributed by atoms with van der Waals surface area (Å²) < 4.78 is 42.5. The Hall–Kier alpha value is -3.23. The number of hydrogen-bond donors (Lipinski definition) is 3. The maximum Gasteiger partial charge on any atom is 0.422 e. The Balaban J connectivity index is 1.86. The van der Waals surface area contributed by atoms with Crippen LogP contribution in [0, 0.1) is 6.92 Å². The number of guanidine groups is 1. The number of carbonyl (C=O) groups excluding carboxylic acids is 1. The number of aryl methyl sites for hydroxylation is 1. The van der Waals surface area contributed by atoms with Crippen LogP contribution in [0.25, 0.3) is 0 Å². The molecule has 2 aromatic rings. The van der Waals surface area contributed by atoms with Crippen LogP contribution >= 0.6 is 0 Å². The van der Waals surface area contributed by atoms with Gasteiger partial charge in [0.1, 0.15) is 5.75 Å². The molecule has 2 rings (SSSR count). The van der Waals surface area contributed by atoms with Crippen LogP contribution in [-0.2, 0) is 17.8 Å². The smallest absolute Gasteiger partial charge is 0.422 e. The Morgan fingerprint density at radius 1 is 1.10 bits per heavy atom. The molecular weight excluding hydrogens is 409 g/mol. The first kappa shape index (κ1) is 24.0. The molecule has 0 aliphatic rings.